The van der Waals surface area contributed by atoms with E-state index in [0.29, 0.717) is 16.9 Å². The van der Waals surface area contributed by atoms with Gasteiger partial charge in [0, 0.05) is 0 Å². The molecule has 0 aliphatic heterocycles. The zero-order chi connectivity index (χ0) is 14.8. The van der Waals surface area contributed by atoms with Crippen LogP contribution in [0.3, 0.4) is 0 Å². The molecular weight excluding hydrogens is 270 g/mol. The van der Waals surface area contributed by atoms with Crippen molar-refractivity contribution in [2.24, 2.45) is 5.14 Å². The monoisotopic (exact) mass is 287 g/mol. The number of primary sulfonamides is 1. The fraction of sp³-hybridized carbons (Fsp3) is 0.417. The first-order chi connectivity index (χ1) is 8.62. The van der Waals surface area contributed by atoms with E-state index in [-0.39, 0.29) is 10.8 Å². The van der Waals surface area contributed by atoms with E-state index in [9.17, 15) is 13.2 Å². The number of aryl methyl sites for hydroxylation is 1. The lowest BCUT2D eigenvalue weighted by molar-refractivity contribution is -0.139. The molecule has 1 rings (SSSR count). The number of benzene rings is 1. The second-order valence-electron chi connectivity index (χ2n) is 4.54. The number of hydrogen-bond donors (Lipinski definition) is 2. The minimum Gasteiger partial charge on any atom is -0.482 e. The molecule has 1 aromatic carbocycles. The van der Waals surface area contributed by atoms with Crippen molar-refractivity contribution in [2.75, 3.05) is 6.61 Å². The molecule has 106 valence electrons. The first-order valence-electron chi connectivity index (χ1n) is 5.65. The zero-order valence-electron chi connectivity index (χ0n) is 11.0. The van der Waals surface area contributed by atoms with E-state index in [2.05, 4.69) is 0 Å². The maximum Gasteiger partial charge on any atom is 0.341 e. The van der Waals surface area contributed by atoms with Gasteiger partial charge in [0.2, 0.25) is 10.0 Å². The number of aliphatic carboxylic acids is 1. The second-order valence-corrected chi connectivity index (χ2v) is 6.07. The summed E-state index contributed by atoms with van der Waals surface area (Å²) in [5.41, 5.74) is 1.03. The van der Waals surface area contributed by atoms with Crippen molar-refractivity contribution in [3.05, 3.63) is 23.3 Å². The van der Waals surface area contributed by atoms with Crippen molar-refractivity contribution in [1.29, 1.82) is 0 Å². The number of carboxylic acid groups (broad SMARTS) is 1. The van der Waals surface area contributed by atoms with Gasteiger partial charge in [0.25, 0.3) is 0 Å². The van der Waals surface area contributed by atoms with Crippen LogP contribution in [0.5, 0.6) is 5.75 Å². The number of carboxylic acids is 1. The standard InChI is InChI=1S/C12H17NO5S/c1-7(2)9-5-10(18-6-12(14)15)8(3)4-11(9)19(13,16)17/h4-5,7H,6H2,1-3H3,(H,14,15)(H2,13,16,17). The van der Waals surface area contributed by atoms with E-state index in [1.807, 2.05) is 13.8 Å². The van der Waals surface area contributed by atoms with Crippen LogP contribution in [0.25, 0.3) is 0 Å². The third kappa shape index (κ3) is 3.93. The SMILES string of the molecule is Cc1cc(S(N)(=O)=O)c(C(C)C)cc1OCC(=O)O. The molecule has 3 N–H and O–H groups in total. The lowest BCUT2D eigenvalue weighted by atomic mass is 10.0. The lowest BCUT2D eigenvalue weighted by Crippen LogP contribution is -2.16. The maximum atomic E-state index is 11.5. The Morgan fingerprint density at radius 3 is 2.42 bits per heavy atom. The van der Waals surface area contributed by atoms with Gasteiger partial charge in [-0.2, -0.15) is 0 Å². The van der Waals surface area contributed by atoms with Crippen LogP contribution in [-0.2, 0) is 14.8 Å². The van der Waals surface area contributed by atoms with Gasteiger partial charge in [0.1, 0.15) is 5.75 Å². The maximum absolute atomic E-state index is 11.5. The molecule has 0 unspecified atom stereocenters. The van der Waals surface area contributed by atoms with Gasteiger partial charge in [-0.3, -0.25) is 0 Å². The summed E-state index contributed by atoms with van der Waals surface area (Å²) in [5.74, 6) is -0.833. The fourth-order valence-corrected chi connectivity index (χ4v) is 2.63. The number of nitrogens with two attached hydrogens (primary N) is 1. The smallest absolute Gasteiger partial charge is 0.341 e. The summed E-state index contributed by atoms with van der Waals surface area (Å²) < 4.78 is 28.2. The summed E-state index contributed by atoms with van der Waals surface area (Å²) in [4.78, 5) is 10.5. The molecule has 0 bridgehead atoms. The van der Waals surface area contributed by atoms with Gasteiger partial charge in [-0.05, 0) is 36.1 Å². The summed E-state index contributed by atoms with van der Waals surface area (Å²) in [7, 11) is -3.82. The second kappa shape index (κ2) is 5.58. The number of carbonyl (C=O) groups is 1. The van der Waals surface area contributed by atoms with E-state index < -0.39 is 22.6 Å². The molecule has 0 radical (unpaired) electrons. The number of sulfonamides is 1. The van der Waals surface area contributed by atoms with Crippen LogP contribution in [0.4, 0.5) is 0 Å². The molecule has 19 heavy (non-hydrogen) atoms. The highest BCUT2D eigenvalue weighted by atomic mass is 32.2. The quantitative estimate of drug-likeness (QED) is 0.847. The lowest BCUT2D eigenvalue weighted by Gasteiger charge is -2.15. The molecule has 6 nitrogen and oxygen atoms in total. The average Bonchev–Trinajstić information content (AvgIpc) is 2.25. The highest BCUT2D eigenvalue weighted by molar-refractivity contribution is 7.89. The van der Waals surface area contributed by atoms with Crippen LogP contribution in [0.1, 0.15) is 30.9 Å². The molecule has 0 saturated carbocycles. The van der Waals surface area contributed by atoms with E-state index in [0.717, 1.165) is 0 Å². The summed E-state index contributed by atoms with van der Waals surface area (Å²) in [5, 5.41) is 13.8. The first-order valence-corrected chi connectivity index (χ1v) is 7.19. The fourth-order valence-electron chi connectivity index (χ4n) is 1.67. The Bertz CT molecular complexity index is 592. The van der Waals surface area contributed by atoms with E-state index in [1.54, 1.807) is 6.92 Å². The highest BCUT2D eigenvalue weighted by Gasteiger charge is 2.19. The van der Waals surface area contributed by atoms with Crippen molar-refractivity contribution in [1.82, 2.24) is 0 Å². The predicted octanol–water partition coefficient (Wildman–Crippen LogP) is 1.23. The van der Waals surface area contributed by atoms with E-state index in [1.165, 1.54) is 12.1 Å². The molecular formula is C12H17NO5S. The topological polar surface area (TPSA) is 107 Å². The third-order valence-corrected chi connectivity index (χ3v) is 3.55. The first kappa shape index (κ1) is 15.5. The Kier molecular flexibility index (Phi) is 4.54. The minimum absolute atomic E-state index is 0.0441. The molecule has 1 aromatic rings. The van der Waals surface area contributed by atoms with Crippen LogP contribution in [-0.4, -0.2) is 26.1 Å². The molecule has 0 atom stereocenters. The van der Waals surface area contributed by atoms with Crippen molar-refractivity contribution in [3.8, 4) is 5.75 Å². The Morgan fingerprint density at radius 1 is 1.42 bits per heavy atom. The van der Waals surface area contributed by atoms with Gasteiger partial charge < -0.3 is 9.84 Å². The van der Waals surface area contributed by atoms with Crippen LogP contribution >= 0.6 is 0 Å². The number of rotatable bonds is 5. The zero-order valence-corrected chi connectivity index (χ0v) is 11.8. The Balaban J connectivity index is 3.33. The summed E-state index contributed by atoms with van der Waals surface area (Å²) >= 11 is 0. The molecule has 0 aromatic heterocycles. The molecule has 0 amide bonds. The van der Waals surface area contributed by atoms with Crippen molar-refractivity contribution in [3.63, 3.8) is 0 Å². The van der Waals surface area contributed by atoms with Gasteiger partial charge in [-0.25, -0.2) is 18.4 Å². The van der Waals surface area contributed by atoms with Gasteiger partial charge in [0.15, 0.2) is 6.61 Å². The van der Waals surface area contributed by atoms with Gasteiger partial charge in [-0.15, -0.1) is 0 Å². The molecule has 0 aliphatic rings. The van der Waals surface area contributed by atoms with Crippen LogP contribution in [0, 0.1) is 6.92 Å². The summed E-state index contributed by atoms with van der Waals surface area (Å²) in [6, 6.07) is 2.94. The Morgan fingerprint density at radius 2 is 2.00 bits per heavy atom. The van der Waals surface area contributed by atoms with Gasteiger partial charge in [0.05, 0.1) is 4.90 Å². The van der Waals surface area contributed by atoms with Gasteiger partial charge in [-0.1, -0.05) is 13.8 Å². The third-order valence-electron chi connectivity index (χ3n) is 2.59. The molecule has 0 heterocycles. The molecule has 0 aliphatic carbocycles. The minimum atomic E-state index is -3.82. The summed E-state index contributed by atoms with van der Waals surface area (Å²) in [6.45, 7) is 4.80. The average molecular weight is 287 g/mol. The van der Waals surface area contributed by atoms with Crippen LogP contribution < -0.4 is 9.88 Å². The molecule has 7 heteroatoms. The molecule has 0 spiro atoms. The van der Waals surface area contributed by atoms with Crippen molar-refractivity contribution < 1.29 is 23.1 Å². The van der Waals surface area contributed by atoms with E-state index >= 15 is 0 Å². The number of ether oxygens (including phenoxy) is 1. The predicted molar refractivity (Wildman–Crippen MR) is 69.8 cm³/mol. The molecule has 0 saturated heterocycles. The van der Waals surface area contributed by atoms with E-state index in [4.69, 9.17) is 15.0 Å². The molecule has 0 fully saturated rings. The summed E-state index contributed by atoms with van der Waals surface area (Å²) in [6.07, 6.45) is 0. The highest BCUT2D eigenvalue weighted by Crippen LogP contribution is 2.30. The number of hydrogen-bond acceptors (Lipinski definition) is 4. The van der Waals surface area contributed by atoms with Gasteiger partial charge >= 0.3 is 5.97 Å². The van der Waals surface area contributed by atoms with Crippen molar-refractivity contribution >= 4 is 16.0 Å². The van der Waals surface area contributed by atoms with Crippen LogP contribution in [0.15, 0.2) is 17.0 Å². The van der Waals surface area contributed by atoms with Crippen LogP contribution in [0.2, 0.25) is 0 Å². The largest absolute Gasteiger partial charge is 0.482 e. The Hall–Kier alpha value is -1.60. The normalized spacial score (nSPS) is 11.6. The van der Waals surface area contributed by atoms with Crippen molar-refractivity contribution in [2.45, 2.75) is 31.6 Å². The Labute approximate surface area is 112 Å².